The first-order chi connectivity index (χ1) is 10.3. The fourth-order valence-corrected chi connectivity index (χ4v) is 2.77. The standard InChI is InChI=1S/C17H18N4/c18-12-13-5-4-6-14(11-13)16-9-10-19-17(21-16)20-15-7-2-1-3-8-15/h4-6,9-11,15H,1-3,7-8H2,(H,19,20,21). The maximum absolute atomic E-state index is 8.98. The van der Waals surface area contributed by atoms with Gasteiger partial charge in [0.2, 0.25) is 5.95 Å². The van der Waals surface area contributed by atoms with Gasteiger partial charge in [-0.25, -0.2) is 9.97 Å². The van der Waals surface area contributed by atoms with Crippen LogP contribution in [0.25, 0.3) is 11.3 Å². The fraction of sp³-hybridized carbons (Fsp3) is 0.353. The Morgan fingerprint density at radius 2 is 2.00 bits per heavy atom. The van der Waals surface area contributed by atoms with Gasteiger partial charge in [0.1, 0.15) is 0 Å². The van der Waals surface area contributed by atoms with E-state index in [4.69, 9.17) is 5.26 Å². The maximum atomic E-state index is 8.98. The van der Waals surface area contributed by atoms with E-state index in [1.807, 2.05) is 24.3 Å². The highest BCUT2D eigenvalue weighted by molar-refractivity contribution is 5.62. The zero-order chi connectivity index (χ0) is 14.5. The Bertz CT molecular complexity index is 654. The lowest BCUT2D eigenvalue weighted by Gasteiger charge is -2.22. The van der Waals surface area contributed by atoms with Gasteiger partial charge < -0.3 is 5.32 Å². The Morgan fingerprint density at radius 1 is 1.14 bits per heavy atom. The zero-order valence-corrected chi connectivity index (χ0v) is 11.9. The lowest BCUT2D eigenvalue weighted by atomic mass is 9.96. The van der Waals surface area contributed by atoms with E-state index in [2.05, 4.69) is 21.4 Å². The van der Waals surface area contributed by atoms with E-state index in [1.165, 1.54) is 32.1 Å². The molecule has 0 saturated heterocycles. The van der Waals surface area contributed by atoms with E-state index >= 15 is 0 Å². The van der Waals surface area contributed by atoms with Crippen LogP contribution in [0.5, 0.6) is 0 Å². The van der Waals surface area contributed by atoms with Gasteiger partial charge in [0.05, 0.1) is 17.3 Å². The molecular weight excluding hydrogens is 260 g/mol. The summed E-state index contributed by atoms with van der Waals surface area (Å²) in [5.74, 6) is 0.682. The van der Waals surface area contributed by atoms with Crippen molar-refractivity contribution < 1.29 is 0 Å². The molecule has 0 atom stereocenters. The molecule has 0 amide bonds. The van der Waals surface area contributed by atoms with Crippen LogP contribution in [-0.4, -0.2) is 16.0 Å². The van der Waals surface area contributed by atoms with Crippen LogP contribution in [-0.2, 0) is 0 Å². The Labute approximate surface area is 124 Å². The maximum Gasteiger partial charge on any atom is 0.223 e. The van der Waals surface area contributed by atoms with Crippen molar-refractivity contribution in [3.63, 3.8) is 0 Å². The summed E-state index contributed by atoms with van der Waals surface area (Å²) in [6.45, 7) is 0. The molecule has 2 aromatic rings. The number of anilines is 1. The fourth-order valence-electron chi connectivity index (χ4n) is 2.77. The molecule has 0 spiro atoms. The molecule has 1 aromatic heterocycles. The Hall–Kier alpha value is -2.41. The van der Waals surface area contributed by atoms with E-state index in [9.17, 15) is 0 Å². The second-order valence-corrected chi connectivity index (χ2v) is 5.44. The molecule has 1 N–H and O–H groups in total. The van der Waals surface area contributed by atoms with Gasteiger partial charge in [-0.1, -0.05) is 31.4 Å². The van der Waals surface area contributed by atoms with Crippen molar-refractivity contribution in [1.29, 1.82) is 5.26 Å². The predicted octanol–water partition coefficient (Wildman–Crippen LogP) is 3.76. The number of nitrogens with one attached hydrogen (secondary N) is 1. The third kappa shape index (κ3) is 3.38. The average molecular weight is 278 g/mol. The second-order valence-electron chi connectivity index (χ2n) is 5.44. The van der Waals surface area contributed by atoms with E-state index in [0.717, 1.165) is 11.3 Å². The Morgan fingerprint density at radius 3 is 2.81 bits per heavy atom. The van der Waals surface area contributed by atoms with Crippen LogP contribution >= 0.6 is 0 Å². The quantitative estimate of drug-likeness (QED) is 0.928. The molecule has 1 aliphatic rings. The minimum absolute atomic E-state index is 0.486. The first-order valence-electron chi connectivity index (χ1n) is 7.45. The van der Waals surface area contributed by atoms with Gasteiger partial charge in [-0.3, -0.25) is 0 Å². The molecule has 4 heteroatoms. The lowest BCUT2D eigenvalue weighted by molar-refractivity contribution is 0.461. The third-order valence-electron chi connectivity index (χ3n) is 3.88. The van der Waals surface area contributed by atoms with Crippen molar-refractivity contribution in [2.45, 2.75) is 38.1 Å². The minimum atomic E-state index is 0.486. The molecule has 3 rings (SSSR count). The predicted molar refractivity (Wildman–Crippen MR) is 82.7 cm³/mol. The highest BCUT2D eigenvalue weighted by Crippen LogP contribution is 2.22. The molecule has 106 valence electrons. The highest BCUT2D eigenvalue weighted by Gasteiger charge is 2.14. The summed E-state index contributed by atoms with van der Waals surface area (Å²) in [6, 6.07) is 12.0. The number of aromatic nitrogens is 2. The van der Waals surface area contributed by atoms with Crippen LogP contribution in [0.2, 0.25) is 0 Å². The van der Waals surface area contributed by atoms with Crippen molar-refractivity contribution in [2.24, 2.45) is 0 Å². The topological polar surface area (TPSA) is 61.6 Å². The van der Waals surface area contributed by atoms with Crippen LogP contribution in [0.3, 0.4) is 0 Å². The first kappa shape index (κ1) is 13.6. The van der Waals surface area contributed by atoms with Crippen LogP contribution in [0.4, 0.5) is 5.95 Å². The van der Waals surface area contributed by atoms with Gasteiger partial charge in [0, 0.05) is 17.8 Å². The molecule has 1 fully saturated rings. The van der Waals surface area contributed by atoms with Gasteiger partial charge in [0.15, 0.2) is 0 Å². The SMILES string of the molecule is N#Cc1cccc(-c2ccnc(NC3CCCCC3)n2)c1. The monoisotopic (exact) mass is 278 g/mol. The first-order valence-corrected chi connectivity index (χ1v) is 7.45. The molecule has 1 saturated carbocycles. The van der Waals surface area contributed by atoms with E-state index in [-0.39, 0.29) is 0 Å². The zero-order valence-electron chi connectivity index (χ0n) is 11.9. The van der Waals surface area contributed by atoms with Gasteiger partial charge in [-0.2, -0.15) is 5.26 Å². The summed E-state index contributed by atoms with van der Waals surface area (Å²) in [5, 5.41) is 12.4. The summed E-state index contributed by atoms with van der Waals surface area (Å²) in [5.41, 5.74) is 2.44. The number of nitrogens with zero attached hydrogens (tertiary/aromatic N) is 3. The molecule has 21 heavy (non-hydrogen) atoms. The minimum Gasteiger partial charge on any atom is -0.351 e. The third-order valence-corrected chi connectivity index (χ3v) is 3.88. The molecule has 0 unspecified atom stereocenters. The molecule has 1 aromatic carbocycles. The van der Waals surface area contributed by atoms with Crippen molar-refractivity contribution >= 4 is 5.95 Å². The van der Waals surface area contributed by atoms with Crippen molar-refractivity contribution in [3.05, 3.63) is 42.1 Å². The van der Waals surface area contributed by atoms with Crippen molar-refractivity contribution in [2.75, 3.05) is 5.32 Å². The van der Waals surface area contributed by atoms with Gasteiger partial charge in [0.25, 0.3) is 0 Å². The molecule has 1 aliphatic carbocycles. The summed E-state index contributed by atoms with van der Waals surface area (Å²) in [6.07, 6.45) is 8.05. The summed E-state index contributed by atoms with van der Waals surface area (Å²) >= 11 is 0. The number of benzene rings is 1. The average Bonchev–Trinajstić information content (AvgIpc) is 2.56. The lowest BCUT2D eigenvalue weighted by Crippen LogP contribution is -2.23. The normalized spacial score (nSPS) is 15.4. The van der Waals surface area contributed by atoms with Gasteiger partial charge in [-0.15, -0.1) is 0 Å². The highest BCUT2D eigenvalue weighted by atomic mass is 15.1. The number of nitriles is 1. The van der Waals surface area contributed by atoms with E-state index in [0.29, 0.717) is 17.6 Å². The van der Waals surface area contributed by atoms with Crippen LogP contribution in [0.1, 0.15) is 37.7 Å². The molecule has 4 nitrogen and oxygen atoms in total. The summed E-state index contributed by atoms with van der Waals surface area (Å²) < 4.78 is 0. The van der Waals surface area contributed by atoms with Crippen molar-refractivity contribution in [3.8, 4) is 17.3 Å². The van der Waals surface area contributed by atoms with E-state index < -0.39 is 0 Å². The molecule has 1 heterocycles. The molecular formula is C17H18N4. The van der Waals surface area contributed by atoms with Crippen LogP contribution < -0.4 is 5.32 Å². The van der Waals surface area contributed by atoms with Crippen LogP contribution in [0, 0.1) is 11.3 Å². The molecule has 0 radical (unpaired) electrons. The van der Waals surface area contributed by atoms with Gasteiger partial charge >= 0.3 is 0 Å². The molecule has 0 bridgehead atoms. The Kier molecular flexibility index (Phi) is 4.11. The summed E-state index contributed by atoms with van der Waals surface area (Å²) in [4.78, 5) is 8.90. The van der Waals surface area contributed by atoms with Crippen molar-refractivity contribution in [1.82, 2.24) is 9.97 Å². The van der Waals surface area contributed by atoms with E-state index in [1.54, 1.807) is 12.3 Å². The molecule has 0 aliphatic heterocycles. The van der Waals surface area contributed by atoms with Crippen LogP contribution in [0.15, 0.2) is 36.5 Å². The largest absolute Gasteiger partial charge is 0.351 e. The Balaban J connectivity index is 1.80. The number of hydrogen-bond acceptors (Lipinski definition) is 4. The number of hydrogen-bond donors (Lipinski definition) is 1. The smallest absolute Gasteiger partial charge is 0.223 e. The van der Waals surface area contributed by atoms with Gasteiger partial charge in [-0.05, 0) is 31.0 Å². The second kappa shape index (κ2) is 6.36. The summed E-state index contributed by atoms with van der Waals surface area (Å²) in [7, 11) is 0. The number of rotatable bonds is 3.